The summed E-state index contributed by atoms with van der Waals surface area (Å²) in [5, 5.41) is 2.65. The molecule has 1 saturated carbocycles. The van der Waals surface area contributed by atoms with E-state index in [9.17, 15) is 9.59 Å². The lowest BCUT2D eigenvalue weighted by Crippen LogP contribution is -2.39. The summed E-state index contributed by atoms with van der Waals surface area (Å²) in [5.41, 5.74) is 1.24. The van der Waals surface area contributed by atoms with E-state index in [4.69, 9.17) is 4.74 Å². The molecule has 0 N–H and O–H groups in total. The molecule has 5 heteroatoms. The third-order valence-electron chi connectivity index (χ3n) is 6.13. The van der Waals surface area contributed by atoms with Crippen LogP contribution < -0.4 is 0 Å². The summed E-state index contributed by atoms with van der Waals surface area (Å²) in [6, 6.07) is 13.0. The Labute approximate surface area is 175 Å². The molecule has 2 aliphatic rings. The average molecular weight is 413 g/mol. The van der Waals surface area contributed by atoms with Crippen LogP contribution in [0.4, 0.5) is 0 Å². The zero-order valence-electron chi connectivity index (χ0n) is 17.2. The van der Waals surface area contributed by atoms with Crippen LogP contribution in [-0.2, 0) is 31.6 Å². The normalized spacial score (nSPS) is 20.1. The third-order valence-corrected chi connectivity index (χ3v) is 8.68. The summed E-state index contributed by atoms with van der Waals surface area (Å²) in [5.74, 6) is 2.63. The number of rotatable bonds is 7. The maximum absolute atomic E-state index is 12.2. The minimum absolute atomic E-state index is 0.115. The van der Waals surface area contributed by atoms with Gasteiger partial charge in [-0.15, -0.1) is 0 Å². The van der Waals surface area contributed by atoms with E-state index in [0.717, 1.165) is 12.8 Å². The Hall–Kier alpha value is -1.85. The lowest BCUT2D eigenvalue weighted by atomic mass is 10.0. The van der Waals surface area contributed by atoms with Crippen LogP contribution in [0.1, 0.15) is 37.7 Å². The number of likely N-dealkylation sites (N-methyl/N-ethyl adjacent to an activating group) is 1. The average Bonchev–Trinajstić information content (AvgIpc) is 3.40. The Kier molecular flexibility index (Phi) is 6.56. The van der Waals surface area contributed by atoms with Crippen molar-refractivity contribution in [2.45, 2.75) is 49.5 Å². The molecule has 0 aromatic heterocycles. The van der Waals surface area contributed by atoms with Crippen molar-refractivity contribution >= 4 is 33.4 Å². The molecule has 1 aliphatic heterocycles. The number of nitrogens with zero attached hydrogens (tertiary/aromatic N) is 1. The van der Waals surface area contributed by atoms with Crippen molar-refractivity contribution in [1.82, 2.24) is 4.90 Å². The van der Waals surface area contributed by atoms with Crippen LogP contribution >= 0.6 is 0 Å². The van der Waals surface area contributed by atoms with Crippen LogP contribution in [0.5, 0.6) is 0 Å². The molecule has 1 heterocycles. The molecular formula is C24H30NO3S+. The van der Waals surface area contributed by atoms with Gasteiger partial charge in [0.25, 0.3) is 0 Å². The van der Waals surface area contributed by atoms with Crippen molar-refractivity contribution in [2.75, 3.05) is 31.7 Å². The first-order valence-corrected chi connectivity index (χ1v) is 12.3. The number of carbonyl (C=O) groups excluding carboxylic acids is 2. The van der Waals surface area contributed by atoms with E-state index in [1.807, 2.05) is 11.9 Å². The predicted molar refractivity (Wildman–Crippen MR) is 118 cm³/mol. The van der Waals surface area contributed by atoms with Crippen molar-refractivity contribution in [3.63, 3.8) is 0 Å². The molecule has 1 aliphatic carbocycles. The fourth-order valence-corrected chi connectivity index (χ4v) is 7.07. The van der Waals surface area contributed by atoms with Crippen LogP contribution in [0.15, 0.2) is 41.3 Å². The van der Waals surface area contributed by atoms with Crippen molar-refractivity contribution < 1.29 is 14.3 Å². The topological polar surface area (TPSA) is 46.6 Å². The molecule has 1 saturated heterocycles. The first-order chi connectivity index (χ1) is 14.1. The van der Waals surface area contributed by atoms with Gasteiger partial charge in [-0.2, -0.15) is 0 Å². The smallest absolute Gasteiger partial charge is 0.320 e. The van der Waals surface area contributed by atoms with Crippen LogP contribution in [0.3, 0.4) is 0 Å². The quantitative estimate of drug-likeness (QED) is 0.513. The van der Waals surface area contributed by atoms with Gasteiger partial charge in [0.05, 0.1) is 19.2 Å². The molecule has 1 atom stereocenters. The van der Waals surface area contributed by atoms with Gasteiger partial charge < -0.3 is 4.74 Å². The largest absolute Gasteiger partial charge is 0.464 e. The Morgan fingerprint density at radius 1 is 1.10 bits per heavy atom. The Balaban J connectivity index is 1.36. The second-order valence-corrected chi connectivity index (χ2v) is 10.4. The van der Waals surface area contributed by atoms with E-state index >= 15 is 0 Å². The number of carbonyl (C=O) groups is 2. The number of benzene rings is 2. The lowest BCUT2D eigenvalue weighted by molar-refractivity contribution is -0.145. The molecule has 2 aromatic rings. The highest BCUT2D eigenvalue weighted by molar-refractivity contribution is 7.97. The Bertz CT molecular complexity index is 891. The van der Waals surface area contributed by atoms with Crippen molar-refractivity contribution in [2.24, 2.45) is 0 Å². The molecule has 2 aromatic carbocycles. The number of hydrogen-bond donors (Lipinski definition) is 0. The molecule has 4 rings (SSSR count). The molecule has 0 spiro atoms. The number of ether oxygens (including phenoxy) is 1. The predicted octanol–water partition coefficient (Wildman–Crippen LogP) is 3.75. The number of hydrogen-bond acceptors (Lipinski definition) is 4. The van der Waals surface area contributed by atoms with E-state index in [1.54, 1.807) is 0 Å². The molecule has 29 heavy (non-hydrogen) atoms. The van der Waals surface area contributed by atoms with Gasteiger partial charge in [0, 0.05) is 29.1 Å². The van der Waals surface area contributed by atoms with Gasteiger partial charge >= 0.3 is 5.97 Å². The summed E-state index contributed by atoms with van der Waals surface area (Å²) in [6.45, 7) is 0.555. The van der Waals surface area contributed by atoms with E-state index in [2.05, 4.69) is 36.4 Å². The van der Waals surface area contributed by atoms with Gasteiger partial charge in [-0.25, -0.2) is 0 Å². The number of fused-ring (bicyclic) bond motifs is 1. The zero-order chi connectivity index (χ0) is 20.2. The third kappa shape index (κ3) is 4.67. The zero-order valence-corrected chi connectivity index (χ0v) is 18.0. The summed E-state index contributed by atoms with van der Waals surface area (Å²) in [6.07, 6.45) is 5.81. The van der Waals surface area contributed by atoms with Crippen LogP contribution in [0, 0.1) is 0 Å². The minimum Gasteiger partial charge on any atom is -0.464 e. The lowest BCUT2D eigenvalue weighted by Gasteiger charge is -2.21. The van der Waals surface area contributed by atoms with Crippen molar-refractivity contribution in [1.29, 1.82) is 0 Å². The SMILES string of the molecule is CN(CC(=O)OCCc1ccc([S+]2CCCC2)c2ccccc12)C1CCCC1=O. The number of esters is 1. The standard InChI is InChI=1S/C24H30NO3S/c1-25(21-9-6-10-22(21)26)17-24(27)28-14-13-18-11-12-23(29-15-4-5-16-29)20-8-3-2-7-19(18)20/h2-3,7-8,11-12,21H,4-6,9-10,13-17H2,1H3/q+1. The maximum atomic E-state index is 12.2. The summed E-state index contributed by atoms with van der Waals surface area (Å²) >= 11 is 0. The van der Waals surface area contributed by atoms with Gasteiger partial charge in [-0.1, -0.05) is 24.3 Å². The highest BCUT2D eigenvalue weighted by Gasteiger charge is 2.30. The van der Waals surface area contributed by atoms with E-state index < -0.39 is 0 Å². The second-order valence-electron chi connectivity index (χ2n) is 8.14. The molecule has 2 fully saturated rings. The monoisotopic (exact) mass is 412 g/mol. The maximum Gasteiger partial charge on any atom is 0.320 e. The van der Waals surface area contributed by atoms with Gasteiger partial charge in [0.2, 0.25) is 0 Å². The molecule has 0 radical (unpaired) electrons. The first-order valence-electron chi connectivity index (χ1n) is 10.7. The minimum atomic E-state index is -0.249. The molecular weight excluding hydrogens is 382 g/mol. The van der Waals surface area contributed by atoms with Crippen LogP contribution in [-0.4, -0.2) is 54.4 Å². The fourth-order valence-electron chi connectivity index (χ4n) is 4.58. The molecule has 4 nitrogen and oxygen atoms in total. The first kappa shape index (κ1) is 20.4. The van der Waals surface area contributed by atoms with Crippen molar-refractivity contribution in [3.05, 3.63) is 42.0 Å². The summed E-state index contributed by atoms with van der Waals surface area (Å²) in [4.78, 5) is 27.4. The van der Waals surface area contributed by atoms with Crippen molar-refractivity contribution in [3.8, 4) is 0 Å². The molecule has 0 amide bonds. The van der Waals surface area contributed by atoms with E-state index in [-0.39, 0.29) is 24.3 Å². The van der Waals surface area contributed by atoms with Gasteiger partial charge in [-0.3, -0.25) is 14.5 Å². The molecule has 1 unspecified atom stereocenters. The number of ketones is 1. The summed E-state index contributed by atoms with van der Waals surface area (Å²) in [7, 11) is 2.22. The number of Topliss-reactive ketones (excluding diaryl/α,β-unsaturated/α-hetero) is 1. The Morgan fingerprint density at radius 2 is 1.86 bits per heavy atom. The van der Waals surface area contributed by atoms with E-state index in [0.29, 0.717) is 30.3 Å². The second kappa shape index (κ2) is 9.31. The van der Waals surface area contributed by atoms with Crippen LogP contribution in [0.25, 0.3) is 10.8 Å². The molecule has 0 bridgehead atoms. The summed E-state index contributed by atoms with van der Waals surface area (Å²) < 4.78 is 5.50. The highest BCUT2D eigenvalue weighted by Crippen LogP contribution is 2.31. The highest BCUT2D eigenvalue weighted by atomic mass is 32.2. The fraction of sp³-hybridized carbons (Fsp3) is 0.500. The Morgan fingerprint density at radius 3 is 2.59 bits per heavy atom. The van der Waals surface area contributed by atoms with Gasteiger partial charge in [0.15, 0.2) is 4.90 Å². The molecule has 154 valence electrons. The van der Waals surface area contributed by atoms with Gasteiger partial charge in [0.1, 0.15) is 17.3 Å². The van der Waals surface area contributed by atoms with Gasteiger partial charge in [-0.05, 0) is 55.8 Å². The van der Waals surface area contributed by atoms with E-state index in [1.165, 1.54) is 45.6 Å². The van der Waals surface area contributed by atoms with Crippen LogP contribution in [0.2, 0.25) is 0 Å².